The highest BCUT2D eigenvalue weighted by Crippen LogP contribution is 2.24. The summed E-state index contributed by atoms with van der Waals surface area (Å²) in [6.07, 6.45) is 5.72. The largest absolute Gasteiger partial charge is 0.394 e. The monoisotopic (exact) mass is 380 g/mol. The van der Waals surface area contributed by atoms with Gasteiger partial charge in [-0.3, -0.25) is 9.48 Å². The fraction of sp³-hybridized carbons (Fsp3) is 0.842. The summed E-state index contributed by atoms with van der Waals surface area (Å²) in [5.74, 6) is 0.439. The van der Waals surface area contributed by atoms with Crippen molar-refractivity contribution in [1.29, 1.82) is 0 Å². The molecule has 27 heavy (non-hydrogen) atoms. The Hall–Kier alpha value is -1.51. The number of carbonyl (C=O) groups excluding carboxylic acids is 1. The SMILES string of the molecule is CC(C)c1cn(CC[C@@H]2CC[C@H](NC(=O)C3CCOCC3)[C@@H](CO)O2)nn1. The molecule has 0 aliphatic carbocycles. The van der Waals surface area contributed by atoms with Gasteiger partial charge in [0.15, 0.2) is 0 Å². The number of carbonyl (C=O) groups is 1. The van der Waals surface area contributed by atoms with Gasteiger partial charge in [0, 0.05) is 31.9 Å². The predicted octanol–water partition coefficient (Wildman–Crippen LogP) is 1.24. The maximum atomic E-state index is 12.5. The first kappa shape index (κ1) is 20.2. The summed E-state index contributed by atoms with van der Waals surface area (Å²) in [5.41, 5.74) is 0.990. The molecule has 0 aromatic carbocycles. The third-order valence-corrected chi connectivity index (χ3v) is 5.54. The minimum atomic E-state index is -0.352. The number of aliphatic hydroxyl groups excluding tert-OH is 1. The summed E-state index contributed by atoms with van der Waals surface area (Å²) in [5, 5.41) is 21.2. The second kappa shape index (κ2) is 9.61. The lowest BCUT2D eigenvalue weighted by molar-refractivity contribution is -0.134. The van der Waals surface area contributed by atoms with Crippen LogP contribution in [-0.2, 0) is 20.8 Å². The van der Waals surface area contributed by atoms with Gasteiger partial charge in [0.1, 0.15) is 6.10 Å². The molecule has 0 unspecified atom stereocenters. The van der Waals surface area contributed by atoms with E-state index in [0.29, 0.717) is 19.1 Å². The van der Waals surface area contributed by atoms with Gasteiger partial charge in [-0.25, -0.2) is 0 Å². The van der Waals surface area contributed by atoms with Crippen LogP contribution in [0.2, 0.25) is 0 Å². The van der Waals surface area contributed by atoms with Crippen molar-refractivity contribution in [2.24, 2.45) is 5.92 Å². The average molecular weight is 380 g/mol. The molecule has 0 saturated carbocycles. The van der Waals surface area contributed by atoms with Gasteiger partial charge in [-0.1, -0.05) is 19.1 Å². The number of aryl methyl sites for hydroxylation is 1. The zero-order valence-electron chi connectivity index (χ0n) is 16.3. The van der Waals surface area contributed by atoms with Gasteiger partial charge in [0.25, 0.3) is 0 Å². The quantitative estimate of drug-likeness (QED) is 0.739. The van der Waals surface area contributed by atoms with Crippen LogP contribution in [0.5, 0.6) is 0 Å². The van der Waals surface area contributed by atoms with E-state index in [1.807, 2.05) is 10.9 Å². The van der Waals surface area contributed by atoms with Crippen LogP contribution < -0.4 is 5.32 Å². The summed E-state index contributed by atoms with van der Waals surface area (Å²) < 4.78 is 13.2. The Morgan fingerprint density at radius 2 is 2.11 bits per heavy atom. The Kier molecular flexibility index (Phi) is 7.20. The lowest BCUT2D eigenvalue weighted by Gasteiger charge is -2.37. The molecule has 0 radical (unpaired) electrons. The summed E-state index contributed by atoms with van der Waals surface area (Å²) in [6, 6.07) is -0.125. The molecule has 1 aromatic rings. The van der Waals surface area contributed by atoms with Crippen molar-refractivity contribution >= 4 is 5.91 Å². The number of hydrogen-bond acceptors (Lipinski definition) is 6. The molecular formula is C19H32N4O4. The normalized spacial score (nSPS) is 27.0. The smallest absolute Gasteiger partial charge is 0.223 e. The van der Waals surface area contributed by atoms with Crippen molar-refractivity contribution in [2.75, 3.05) is 19.8 Å². The van der Waals surface area contributed by atoms with Crippen molar-refractivity contribution in [1.82, 2.24) is 20.3 Å². The molecule has 3 heterocycles. The molecular weight excluding hydrogens is 348 g/mol. The average Bonchev–Trinajstić information content (AvgIpc) is 3.17. The molecule has 3 atom stereocenters. The van der Waals surface area contributed by atoms with E-state index in [9.17, 15) is 9.90 Å². The molecule has 2 aliphatic heterocycles. The van der Waals surface area contributed by atoms with Crippen LogP contribution in [0.4, 0.5) is 0 Å². The van der Waals surface area contributed by atoms with Gasteiger partial charge in [-0.05, 0) is 38.0 Å². The molecule has 3 rings (SSSR count). The number of nitrogens with one attached hydrogen (secondary N) is 1. The first-order chi connectivity index (χ1) is 13.1. The maximum absolute atomic E-state index is 12.5. The molecule has 2 fully saturated rings. The Bertz CT molecular complexity index is 600. The lowest BCUT2D eigenvalue weighted by atomic mass is 9.94. The van der Waals surface area contributed by atoms with Crippen molar-refractivity contribution in [3.8, 4) is 0 Å². The number of ether oxygens (including phenoxy) is 2. The maximum Gasteiger partial charge on any atom is 0.223 e. The molecule has 1 amide bonds. The van der Waals surface area contributed by atoms with Crippen LogP contribution in [0.3, 0.4) is 0 Å². The highest BCUT2D eigenvalue weighted by atomic mass is 16.5. The van der Waals surface area contributed by atoms with Crippen LogP contribution in [0.1, 0.15) is 57.6 Å². The molecule has 8 nitrogen and oxygen atoms in total. The molecule has 2 N–H and O–H groups in total. The van der Waals surface area contributed by atoms with E-state index in [0.717, 1.165) is 44.3 Å². The van der Waals surface area contributed by atoms with Gasteiger partial charge < -0.3 is 19.9 Å². The second-order valence-electron chi connectivity index (χ2n) is 7.91. The fourth-order valence-corrected chi connectivity index (χ4v) is 3.73. The molecule has 0 spiro atoms. The molecule has 2 saturated heterocycles. The number of nitrogens with zero attached hydrogens (tertiary/aromatic N) is 3. The van der Waals surface area contributed by atoms with Gasteiger partial charge >= 0.3 is 0 Å². The Morgan fingerprint density at radius 1 is 1.33 bits per heavy atom. The van der Waals surface area contributed by atoms with Gasteiger partial charge in [0.05, 0.1) is 24.4 Å². The van der Waals surface area contributed by atoms with Crippen LogP contribution >= 0.6 is 0 Å². The van der Waals surface area contributed by atoms with E-state index in [1.54, 1.807) is 0 Å². The van der Waals surface area contributed by atoms with Gasteiger partial charge in [-0.2, -0.15) is 0 Å². The van der Waals surface area contributed by atoms with Crippen LogP contribution in [-0.4, -0.2) is 64.1 Å². The summed E-state index contributed by atoms with van der Waals surface area (Å²) in [6.45, 7) is 6.13. The fourth-order valence-electron chi connectivity index (χ4n) is 3.73. The van der Waals surface area contributed by atoms with Crippen molar-refractivity contribution in [3.05, 3.63) is 11.9 Å². The Labute approximate surface area is 160 Å². The molecule has 0 bridgehead atoms. The van der Waals surface area contributed by atoms with Crippen molar-refractivity contribution in [3.63, 3.8) is 0 Å². The van der Waals surface area contributed by atoms with Crippen LogP contribution in [0.25, 0.3) is 0 Å². The van der Waals surface area contributed by atoms with Crippen LogP contribution in [0, 0.1) is 5.92 Å². The summed E-state index contributed by atoms with van der Waals surface area (Å²) in [4.78, 5) is 12.5. The van der Waals surface area contributed by atoms with E-state index >= 15 is 0 Å². The standard InChI is InChI=1S/C19H32N4O4/c1-13(2)17-11-23(22-21-17)8-5-15-3-4-16(18(12-24)27-15)20-19(25)14-6-9-26-10-7-14/h11,13-16,18,24H,3-10,12H2,1-2H3,(H,20,25)/t15-,16-,18+/m0/s1. The first-order valence-electron chi connectivity index (χ1n) is 10.1. The van der Waals surface area contributed by atoms with Crippen LogP contribution in [0.15, 0.2) is 6.20 Å². The van der Waals surface area contributed by atoms with E-state index < -0.39 is 0 Å². The van der Waals surface area contributed by atoms with E-state index in [4.69, 9.17) is 9.47 Å². The molecule has 152 valence electrons. The van der Waals surface area contributed by atoms with Crippen molar-refractivity contribution in [2.45, 2.75) is 76.7 Å². The predicted molar refractivity (Wildman–Crippen MR) is 99.2 cm³/mol. The summed E-state index contributed by atoms with van der Waals surface area (Å²) >= 11 is 0. The van der Waals surface area contributed by atoms with E-state index in [2.05, 4.69) is 29.5 Å². The second-order valence-corrected chi connectivity index (χ2v) is 7.91. The Balaban J connectivity index is 1.46. The number of aliphatic hydroxyl groups is 1. The molecule has 8 heteroatoms. The van der Waals surface area contributed by atoms with Gasteiger partial charge in [-0.15, -0.1) is 5.10 Å². The lowest BCUT2D eigenvalue weighted by Crippen LogP contribution is -2.52. The van der Waals surface area contributed by atoms with E-state index in [1.165, 1.54) is 0 Å². The Morgan fingerprint density at radius 3 is 2.78 bits per heavy atom. The number of aromatic nitrogens is 3. The number of amides is 1. The van der Waals surface area contributed by atoms with Crippen molar-refractivity contribution < 1.29 is 19.4 Å². The third-order valence-electron chi connectivity index (χ3n) is 5.54. The number of rotatable bonds is 7. The minimum absolute atomic E-state index is 0.0123. The third kappa shape index (κ3) is 5.49. The van der Waals surface area contributed by atoms with E-state index in [-0.39, 0.29) is 36.7 Å². The zero-order chi connectivity index (χ0) is 19.2. The van der Waals surface area contributed by atoms with Gasteiger partial charge in [0.2, 0.25) is 5.91 Å². The number of hydrogen-bond donors (Lipinski definition) is 2. The minimum Gasteiger partial charge on any atom is -0.394 e. The highest BCUT2D eigenvalue weighted by Gasteiger charge is 2.33. The summed E-state index contributed by atoms with van der Waals surface area (Å²) in [7, 11) is 0. The zero-order valence-corrected chi connectivity index (χ0v) is 16.3. The molecule has 1 aromatic heterocycles. The highest BCUT2D eigenvalue weighted by molar-refractivity contribution is 5.79. The topological polar surface area (TPSA) is 98.5 Å². The molecule has 2 aliphatic rings. The first-order valence-corrected chi connectivity index (χ1v) is 10.1.